The minimum atomic E-state index is 0.834. The molecule has 0 bridgehead atoms. The van der Waals surface area contributed by atoms with Gasteiger partial charge < -0.3 is 14.2 Å². The van der Waals surface area contributed by atoms with E-state index in [1.54, 1.807) is 18.4 Å². The fourth-order valence-electron chi connectivity index (χ4n) is 3.12. The Kier molecular flexibility index (Phi) is 4.72. The average molecular weight is 355 g/mol. The summed E-state index contributed by atoms with van der Waals surface area (Å²) in [6, 6.07) is 14.4. The largest absolute Gasteiger partial charge is 0.497 e. The summed E-state index contributed by atoms with van der Waals surface area (Å²) in [7, 11) is 1.71. The lowest BCUT2D eigenvalue weighted by molar-refractivity contribution is 0.242. The predicted octanol–water partition coefficient (Wildman–Crippen LogP) is 3.73. The normalized spacial score (nSPS) is 15.5. The number of hydrogen-bond acceptors (Lipinski definition) is 6. The van der Waals surface area contributed by atoms with Crippen LogP contribution in [0, 0.1) is 0 Å². The molecule has 1 aromatic carbocycles. The number of nitrogens with zero attached hydrogens (tertiary/aromatic N) is 3. The minimum Gasteiger partial charge on any atom is -0.497 e. The highest BCUT2D eigenvalue weighted by Crippen LogP contribution is 2.26. The molecule has 4 rings (SSSR count). The van der Waals surface area contributed by atoms with Crippen LogP contribution in [0.2, 0.25) is 0 Å². The first-order chi connectivity index (χ1) is 12.3. The standard InChI is InChI=1S/C19H21N3O2S/c1-23-17-5-2-4-16(13-17)22-9-7-21(8-10-22)14-15-12-18(24-20-15)19-6-3-11-25-19/h2-6,11-13H,7-10,14H2,1H3. The molecule has 3 heterocycles. The van der Waals surface area contributed by atoms with Crippen LogP contribution >= 0.6 is 11.3 Å². The van der Waals surface area contributed by atoms with Gasteiger partial charge in [0.25, 0.3) is 0 Å². The topological polar surface area (TPSA) is 41.7 Å². The second-order valence-electron chi connectivity index (χ2n) is 6.12. The van der Waals surface area contributed by atoms with Crippen molar-refractivity contribution in [2.75, 3.05) is 38.2 Å². The van der Waals surface area contributed by atoms with Crippen molar-refractivity contribution in [1.29, 1.82) is 0 Å². The van der Waals surface area contributed by atoms with Crippen LogP contribution in [0.15, 0.2) is 52.4 Å². The first-order valence-corrected chi connectivity index (χ1v) is 9.30. The first-order valence-electron chi connectivity index (χ1n) is 8.42. The van der Waals surface area contributed by atoms with E-state index in [4.69, 9.17) is 9.26 Å². The molecule has 6 heteroatoms. The number of methoxy groups -OCH3 is 1. The van der Waals surface area contributed by atoms with Gasteiger partial charge in [0, 0.05) is 50.5 Å². The van der Waals surface area contributed by atoms with Crippen molar-refractivity contribution in [3.05, 3.63) is 53.5 Å². The van der Waals surface area contributed by atoms with Crippen molar-refractivity contribution in [3.8, 4) is 16.4 Å². The van der Waals surface area contributed by atoms with Crippen molar-refractivity contribution < 1.29 is 9.26 Å². The summed E-state index contributed by atoms with van der Waals surface area (Å²) in [6.07, 6.45) is 0. The second kappa shape index (κ2) is 7.29. The van der Waals surface area contributed by atoms with Crippen molar-refractivity contribution in [3.63, 3.8) is 0 Å². The molecule has 0 N–H and O–H groups in total. The number of benzene rings is 1. The third-order valence-electron chi connectivity index (χ3n) is 4.50. The third kappa shape index (κ3) is 3.70. The summed E-state index contributed by atoms with van der Waals surface area (Å²) >= 11 is 1.67. The molecule has 1 aliphatic heterocycles. The second-order valence-corrected chi connectivity index (χ2v) is 7.07. The molecule has 0 radical (unpaired) electrons. The van der Waals surface area contributed by atoms with Gasteiger partial charge in [-0.05, 0) is 23.6 Å². The maximum absolute atomic E-state index is 5.48. The molecule has 1 aliphatic rings. The quantitative estimate of drug-likeness (QED) is 0.697. The van der Waals surface area contributed by atoms with Crippen molar-refractivity contribution in [2.45, 2.75) is 6.54 Å². The molecule has 0 aliphatic carbocycles. The number of piperazine rings is 1. The molecule has 3 aromatic rings. The average Bonchev–Trinajstić information content (AvgIpc) is 3.34. The SMILES string of the molecule is COc1cccc(N2CCN(Cc3cc(-c4cccs4)on3)CC2)c1. The zero-order valence-electron chi connectivity index (χ0n) is 14.2. The Bertz CT molecular complexity index is 808. The van der Waals surface area contributed by atoms with Gasteiger partial charge in [0.15, 0.2) is 5.76 Å². The van der Waals surface area contributed by atoms with Gasteiger partial charge in [-0.1, -0.05) is 17.3 Å². The highest BCUT2D eigenvalue weighted by molar-refractivity contribution is 7.13. The Balaban J connectivity index is 1.34. The van der Waals surface area contributed by atoms with Crippen LogP contribution in [-0.4, -0.2) is 43.3 Å². The smallest absolute Gasteiger partial charge is 0.177 e. The van der Waals surface area contributed by atoms with Crippen LogP contribution in [0.1, 0.15) is 5.69 Å². The lowest BCUT2D eigenvalue weighted by Gasteiger charge is -2.35. The van der Waals surface area contributed by atoms with E-state index in [-0.39, 0.29) is 0 Å². The molecule has 1 saturated heterocycles. The number of rotatable bonds is 5. The van der Waals surface area contributed by atoms with Crippen LogP contribution in [0.3, 0.4) is 0 Å². The minimum absolute atomic E-state index is 0.834. The number of aromatic nitrogens is 1. The maximum atomic E-state index is 5.48. The van der Waals surface area contributed by atoms with Gasteiger partial charge in [-0.2, -0.15) is 0 Å². The molecule has 5 nitrogen and oxygen atoms in total. The van der Waals surface area contributed by atoms with E-state index in [1.807, 2.05) is 18.2 Å². The molecular weight excluding hydrogens is 334 g/mol. The Morgan fingerprint density at radius 2 is 2.00 bits per heavy atom. The highest BCUT2D eigenvalue weighted by Gasteiger charge is 2.19. The summed E-state index contributed by atoms with van der Waals surface area (Å²) in [5.74, 6) is 1.77. The van der Waals surface area contributed by atoms with Crippen LogP contribution in [0.4, 0.5) is 5.69 Å². The fraction of sp³-hybridized carbons (Fsp3) is 0.316. The molecule has 2 aromatic heterocycles. The van der Waals surface area contributed by atoms with Gasteiger partial charge in [0.05, 0.1) is 17.7 Å². The Morgan fingerprint density at radius 3 is 2.76 bits per heavy atom. The van der Waals surface area contributed by atoms with Crippen LogP contribution < -0.4 is 9.64 Å². The van der Waals surface area contributed by atoms with E-state index in [0.717, 1.165) is 54.8 Å². The lowest BCUT2D eigenvalue weighted by Crippen LogP contribution is -2.46. The van der Waals surface area contributed by atoms with Gasteiger partial charge in [-0.15, -0.1) is 11.3 Å². The molecular formula is C19H21N3O2S. The zero-order chi connectivity index (χ0) is 17.1. The number of hydrogen-bond donors (Lipinski definition) is 0. The summed E-state index contributed by atoms with van der Waals surface area (Å²) < 4.78 is 10.8. The van der Waals surface area contributed by atoms with Crippen LogP contribution in [0.5, 0.6) is 5.75 Å². The van der Waals surface area contributed by atoms with E-state index in [1.165, 1.54) is 5.69 Å². The summed E-state index contributed by atoms with van der Waals surface area (Å²) in [5.41, 5.74) is 2.22. The number of anilines is 1. The predicted molar refractivity (Wildman–Crippen MR) is 100 cm³/mol. The summed E-state index contributed by atoms with van der Waals surface area (Å²) in [6.45, 7) is 4.86. The Morgan fingerprint density at radius 1 is 1.12 bits per heavy atom. The Hall–Kier alpha value is -2.31. The van der Waals surface area contributed by atoms with Crippen LogP contribution in [-0.2, 0) is 6.54 Å². The number of ether oxygens (including phenoxy) is 1. The van der Waals surface area contributed by atoms with Crippen LogP contribution in [0.25, 0.3) is 10.6 Å². The van der Waals surface area contributed by atoms with Gasteiger partial charge in [-0.25, -0.2) is 0 Å². The van der Waals surface area contributed by atoms with E-state index in [2.05, 4.69) is 44.6 Å². The fourth-order valence-corrected chi connectivity index (χ4v) is 3.79. The third-order valence-corrected chi connectivity index (χ3v) is 5.38. The lowest BCUT2D eigenvalue weighted by atomic mass is 10.2. The van der Waals surface area contributed by atoms with Gasteiger partial charge in [0.2, 0.25) is 0 Å². The summed E-state index contributed by atoms with van der Waals surface area (Å²) in [4.78, 5) is 5.95. The highest BCUT2D eigenvalue weighted by atomic mass is 32.1. The van der Waals surface area contributed by atoms with E-state index in [0.29, 0.717) is 0 Å². The molecule has 1 fully saturated rings. The zero-order valence-corrected chi connectivity index (χ0v) is 15.0. The molecule has 0 amide bonds. The van der Waals surface area contributed by atoms with Gasteiger partial charge in [-0.3, -0.25) is 4.90 Å². The maximum Gasteiger partial charge on any atom is 0.177 e. The monoisotopic (exact) mass is 355 g/mol. The molecule has 130 valence electrons. The Labute approximate surface area is 151 Å². The first kappa shape index (κ1) is 16.2. The number of thiophene rings is 1. The molecule has 0 unspecified atom stereocenters. The van der Waals surface area contributed by atoms with E-state index in [9.17, 15) is 0 Å². The van der Waals surface area contributed by atoms with E-state index < -0.39 is 0 Å². The van der Waals surface area contributed by atoms with Gasteiger partial charge >= 0.3 is 0 Å². The van der Waals surface area contributed by atoms with Crippen molar-refractivity contribution >= 4 is 17.0 Å². The van der Waals surface area contributed by atoms with E-state index >= 15 is 0 Å². The van der Waals surface area contributed by atoms with Crippen molar-refractivity contribution in [1.82, 2.24) is 10.1 Å². The van der Waals surface area contributed by atoms with Crippen molar-refractivity contribution in [2.24, 2.45) is 0 Å². The summed E-state index contributed by atoms with van der Waals surface area (Å²) in [5, 5.41) is 6.28. The van der Waals surface area contributed by atoms with Gasteiger partial charge in [0.1, 0.15) is 5.75 Å². The molecule has 25 heavy (non-hydrogen) atoms. The molecule has 0 atom stereocenters. The molecule has 0 saturated carbocycles. The molecule has 0 spiro atoms.